The van der Waals surface area contributed by atoms with Gasteiger partial charge in [0.05, 0.1) is 23.5 Å². The zero-order chi connectivity index (χ0) is 21.4. The van der Waals surface area contributed by atoms with Crippen molar-refractivity contribution in [1.29, 1.82) is 0 Å². The number of nitrogens with zero attached hydrogens (tertiary/aromatic N) is 3. The maximum Gasteiger partial charge on any atom is 0.342 e. The average Bonchev–Trinajstić information content (AvgIpc) is 3.21. The van der Waals surface area contributed by atoms with Crippen molar-refractivity contribution < 1.29 is 19.1 Å². The van der Waals surface area contributed by atoms with Gasteiger partial charge >= 0.3 is 5.97 Å². The molecule has 1 aromatic heterocycles. The van der Waals surface area contributed by atoms with Crippen LogP contribution in [0.3, 0.4) is 0 Å². The van der Waals surface area contributed by atoms with E-state index in [-0.39, 0.29) is 24.7 Å². The number of para-hydroxylation sites is 1. The Bertz CT molecular complexity index is 1160. The highest BCUT2D eigenvalue weighted by Crippen LogP contribution is 2.28. The van der Waals surface area contributed by atoms with Crippen LogP contribution < -0.4 is 4.90 Å². The van der Waals surface area contributed by atoms with E-state index >= 15 is 0 Å². The number of amides is 1. The van der Waals surface area contributed by atoms with Crippen LogP contribution in [-0.2, 0) is 16.0 Å². The monoisotopic (exact) mass is 403 g/mol. The summed E-state index contributed by atoms with van der Waals surface area (Å²) in [5, 5.41) is 4.43. The Morgan fingerprint density at radius 2 is 1.83 bits per heavy atom. The number of ether oxygens (including phenoxy) is 1. The van der Waals surface area contributed by atoms with Crippen LogP contribution in [0.15, 0.2) is 48.5 Å². The minimum absolute atomic E-state index is 0.0117. The zero-order valence-corrected chi connectivity index (χ0v) is 17.0. The molecule has 0 spiro atoms. The lowest BCUT2D eigenvalue weighted by Gasteiger charge is -2.10. The Hall–Kier alpha value is -3.74. The molecule has 7 nitrogen and oxygen atoms in total. The first-order valence-corrected chi connectivity index (χ1v) is 9.58. The number of benzene rings is 2. The van der Waals surface area contributed by atoms with Gasteiger partial charge < -0.3 is 9.64 Å². The number of carbonyl (C=O) groups is 3. The molecule has 1 amide bonds. The van der Waals surface area contributed by atoms with Crippen LogP contribution in [-0.4, -0.2) is 41.1 Å². The van der Waals surface area contributed by atoms with Crippen molar-refractivity contribution in [2.24, 2.45) is 0 Å². The molecule has 0 saturated carbocycles. The fourth-order valence-corrected chi connectivity index (χ4v) is 3.69. The van der Waals surface area contributed by atoms with E-state index in [4.69, 9.17) is 4.74 Å². The Labute approximate surface area is 173 Å². The Morgan fingerprint density at radius 1 is 1.10 bits per heavy atom. The Kier molecular flexibility index (Phi) is 4.95. The average molecular weight is 403 g/mol. The molecule has 0 saturated heterocycles. The molecule has 30 heavy (non-hydrogen) atoms. The fourth-order valence-electron chi connectivity index (χ4n) is 3.69. The van der Waals surface area contributed by atoms with Crippen LogP contribution in [0.1, 0.15) is 37.7 Å². The Balaban J connectivity index is 1.48. The first kappa shape index (κ1) is 19.6. The van der Waals surface area contributed by atoms with Crippen molar-refractivity contribution in [1.82, 2.24) is 9.78 Å². The predicted molar refractivity (Wildman–Crippen MR) is 111 cm³/mol. The van der Waals surface area contributed by atoms with Gasteiger partial charge in [-0.05, 0) is 49.7 Å². The number of hydrogen-bond donors (Lipinski definition) is 0. The molecule has 3 aromatic rings. The number of aryl methyl sites for hydroxylation is 1. The van der Waals surface area contributed by atoms with Gasteiger partial charge in [0.15, 0.2) is 12.4 Å². The zero-order valence-electron chi connectivity index (χ0n) is 17.0. The number of Topliss-reactive ketones (excluding diaryl/α,β-unsaturated/α-hetero) is 1. The minimum Gasteiger partial charge on any atom is -0.454 e. The van der Waals surface area contributed by atoms with E-state index in [0.29, 0.717) is 22.5 Å². The molecule has 0 radical (unpaired) electrons. The molecular weight excluding hydrogens is 382 g/mol. The van der Waals surface area contributed by atoms with Gasteiger partial charge in [-0.3, -0.25) is 9.59 Å². The van der Waals surface area contributed by atoms with E-state index in [1.54, 1.807) is 48.7 Å². The Morgan fingerprint density at radius 3 is 2.57 bits per heavy atom. The van der Waals surface area contributed by atoms with Crippen LogP contribution in [0.2, 0.25) is 0 Å². The van der Waals surface area contributed by atoms with Crippen molar-refractivity contribution in [2.45, 2.75) is 20.3 Å². The number of rotatable bonds is 5. The number of aromatic nitrogens is 2. The van der Waals surface area contributed by atoms with Gasteiger partial charge in [-0.25, -0.2) is 9.48 Å². The highest BCUT2D eigenvalue weighted by molar-refractivity contribution is 6.04. The SMILES string of the molecule is Cc1nn(-c2ccccc2)c(C)c1C(=O)OCC(=O)c1ccc2c(c1)CC(=O)N2C. The van der Waals surface area contributed by atoms with E-state index < -0.39 is 5.97 Å². The smallest absolute Gasteiger partial charge is 0.342 e. The van der Waals surface area contributed by atoms with E-state index in [2.05, 4.69) is 5.10 Å². The molecule has 152 valence electrons. The summed E-state index contributed by atoms with van der Waals surface area (Å²) in [4.78, 5) is 38.6. The first-order valence-electron chi connectivity index (χ1n) is 9.58. The molecule has 1 aliphatic heterocycles. The number of esters is 1. The number of ketones is 1. The number of fused-ring (bicyclic) bond motifs is 1. The second-order valence-electron chi connectivity index (χ2n) is 7.27. The summed E-state index contributed by atoms with van der Waals surface area (Å²) in [7, 11) is 1.71. The summed E-state index contributed by atoms with van der Waals surface area (Å²) >= 11 is 0. The molecule has 0 N–H and O–H groups in total. The van der Waals surface area contributed by atoms with Crippen LogP contribution in [0.4, 0.5) is 5.69 Å². The van der Waals surface area contributed by atoms with Gasteiger partial charge in [-0.2, -0.15) is 5.10 Å². The maximum absolute atomic E-state index is 12.7. The lowest BCUT2D eigenvalue weighted by atomic mass is 10.1. The minimum atomic E-state index is -0.586. The molecule has 7 heteroatoms. The van der Waals surface area contributed by atoms with Crippen LogP contribution in [0, 0.1) is 13.8 Å². The summed E-state index contributed by atoms with van der Waals surface area (Å²) in [6.45, 7) is 3.15. The molecule has 4 rings (SSSR count). The summed E-state index contributed by atoms with van der Waals surface area (Å²) < 4.78 is 6.98. The molecule has 0 atom stereocenters. The molecular formula is C23H21N3O4. The summed E-state index contributed by atoms with van der Waals surface area (Å²) in [6.07, 6.45) is 0.268. The summed E-state index contributed by atoms with van der Waals surface area (Å²) in [5.74, 6) is -0.919. The van der Waals surface area contributed by atoms with Gasteiger partial charge in [-0.1, -0.05) is 18.2 Å². The summed E-state index contributed by atoms with van der Waals surface area (Å²) in [5.41, 5.74) is 4.39. The molecule has 2 heterocycles. The van der Waals surface area contributed by atoms with Gasteiger partial charge in [-0.15, -0.1) is 0 Å². The van der Waals surface area contributed by atoms with E-state index in [0.717, 1.165) is 16.9 Å². The van der Waals surface area contributed by atoms with Gasteiger partial charge in [0.1, 0.15) is 5.56 Å². The molecule has 2 aromatic carbocycles. The largest absolute Gasteiger partial charge is 0.454 e. The molecule has 0 aliphatic carbocycles. The van der Waals surface area contributed by atoms with E-state index in [1.807, 2.05) is 30.3 Å². The third-order valence-electron chi connectivity index (χ3n) is 5.31. The van der Waals surface area contributed by atoms with Crippen molar-refractivity contribution in [3.05, 3.63) is 76.6 Å². The van der Waals surface area contributed by atoms with Crippen LogP contribution in [0.25, 0.3) is 5.69 Å². The quantitative estimate of drug-likeness (QED) is 0.483. The van der Waals surface area contributed by atoms with E-state index in [1.165, 1.54) is 0 Å². The highest BCUT2D eigenvalue weighted by Gasteiger charge is 2.26. The third kappa shape index (κ3) is 3.39. The van der Waals surface area contributed by atoms with Gasteiger partial charge in [0.2, 0.25) is 5.91 Å². The topological polar surface area (TPSA) is 81.5 Å². The van der Waals surface area contributed by atoms with Crippen molar-refractivity contribution in [2.75, 3.05) is 18.6 Å². The van der Waals surface area contributed by atoms with Crippen LogP contribution in [0.5, 0.6) is 0 Å². The van der Waals surface area contributed by atoms with Crippen LogP contribution >= 0.6 is 0 Å². The first-order chi connectivity index (χ1) is 14.4. The molecule has 0 bridgehead atoms. The van der Waals surface area contributed by atoms with Crippen molar-refractivity contribution in [3.63, 3.8) is 0 Å². The molecule has 0 unspecified atom stereocenters. The maximum atomic E-state index is 12.7. The van der Waals surface area contributed by atoms with Crippen molar-refractivity contribution in [3.8, 4) is 5.69 Å². The number of carbonyl (C=O) groups excluding carboxylic acids is 3. The molecule has 1 aliphatic rings. The number of anilines is 1. The standard InChI is InChI=1S/C23H21N3O4/c1-14-22(15(2)26(24-14)18-7-5-4-6-8-18)23(29)30-13-20(27)16-9-10-19-17(11-16)12-21(28)25(19)3/h4-11H,12-13H2,1-3H3. The van der Waals surface area contributed by atoms with Gasteiger partial charge in [0, 0.05) is 18.3 Å². The predicted octanol–water partition coefficient (Wildman–Crippen LogP) is 3.05. The summed E-state index contributed by atoms with van der Waals surface area (Å²) in [6, 6.07) is 14.6. The van der Waals surface area contributed by atoms with Gasteiger partial charge in [0.25, 0.3) is 0 Å². The molecule has 0 fully saturated rings. The second kappa shape index (κ2) is 7.59. The number of likely N-dealkylation sites (N-methyl/N-ethyl adjacent to an activating group) is 1. The highest BCUT2D eigenvalue weighted by atomic mass is 16.5. The lowest BCUT2D eigenvalue weighted by molar-refractivity contribution is -0.117. The van der Waals surface area contributed by atoms with Crippen molar-refractivity contribution >= 4 is 23.3 Å². The normalized spacial score (nSPS) is 12.8. The van der Waals surface area contributed by atoms with E-state index in [9.17, 15) is 14.4 Å². The number of hydrogen-bond acceptors (Lipinski definition) is 5. The fraction of sp³-hybridized carbons (Fsp3) is 0.217. The second-order valence-corrected chi connectivity index (χ2v) is 7.27. The lowest BCUT2D eigenvalue weighted by Crippen LogP contribution is -2.20. The third-order valence-corrected chi connectivity index (χ3v) is 5.31.